The second-order valence-corrected chi connectivity index (χ2v) is 4.88. The third-order valence-electron chi connectivity index (χ3n) is 4.35. The van der Waals surface area contributed by atoms with Crippen molar-refractivity contribution in [2.45, 2.75) is 32.4 Å². The van der Waals surface area contributed by atoms with Crippen molar-refractivity contribution in [3.8, 4) is 0 Å². The Morgan fingerprint density at radius 1 is 1.58 bits per heavy atom. The van der Waals surface area contributed by atoms with Crippen LogP contribution < -0.4 is 5.32 Å². The molecular weight excluding hydrogens is 148 g/mol. The van der Waals surface area contributed by atoms with Crippen LogP contribution in [0.1, 0.15) is 20.3 Å². The molecule has 1 saturated carbocycles. The molecular formula is C10H18N2. The van der Waals surface area contributed by atoms with Gasteiger partial charge in [0.15, 0.2) is 0 Å². The molecule has 3 rings (SSSR count). The first kappa shape index (κ1) is 7.34. The molecule has 0 radical (unpaired) electrons. The molecule has 0 amide bonds. The van der Waals surface area contributed by atoms with E-state index in [0.717, 1.165) is 23.4 Å². The lowest BCUT2D eigenvalue weighted by atomic mass is 10.0. The average Bonchev–Trinajstić information content (AvgIpc) is 2.56. The quantitative estimate of drug-likeness (QED) is 0.616. The zero-order valence-electron chi connectivity index (χ0n) is 8.01. The molecule has 1 spiro atoms. The van der Waals surface area contributed by atoms with Crippen molar-refractivity contribution in [3.63, 3.8) is 0 Å². The van der Waals surface area contributed by atoms with E-state index in [1.807, 2.05) is 0 Å². The van der Waals surface area contributed by atoms with Crippen LogP contribution in [0.4, 0.5) is 0 Å². The molecule has 3 aliphatic rings. The van der Waals surface area contributed by atoms with Crippen LogP contribution in [0.25, 0.3) is 0 Å². The van der Waals surface area contributed by atoms with Crippen LogP contribution in [0.5, 0.6) is 0 Å². The third kappa shape index (κ3) is 0.686. The number of likely N-dealkylation sites (N-methyl/N-ethyl adjacent to an activating group) is 1. The summed E-state index contributed by atoms with van der Waals surface area (Å²) >= 11 is 0. The van der Waals surface area contributed by atoms with Crippen LogP contribution >= 0.6 is 0 Å². The van der Waals surface area contributed by atoms with Gasteiger partial charge in [-0.05, 0) is 25.8 Å². The summed E-state index contributed by atoms with van der Waals surface area (Å²) in [5.74, 6) is 1.01. The number of rotatable bonds is 1. The molecule has 0 bridgehead atoms. The Balaban J connectivity index is 1.81. The lowest BCUT2D eigenvalue weighted by Gasteiger charge is -2.15. The number of hydrogen-bond acceptors (Lipinski definition) is 2. The van der Waals surface area contributed by atoms with Crippen LogP contribution in [0.3, 0.4) is 0 Å². The number of nitrogens with zero attached hydrogens (tertiary/aromatic N) is 1. The molecule has 2 heteroatoms. The molecule has 0 aromatic rings. The van der Waals surface area contributed by atoms with Crippen molar-refractivity contribution >= 4 is 0 Å². The molecule has 68 valence electrons. The van der Waals surface area contributed by atoms with Gasteiger partial charge in [0.1, 0.15) is 0 Å². The molecule has 2 nitrogen and oxygen atoms in total. The zero-order valence-corrected chi connectivity index (χ0v) is 8.01. The Hall–Kier alpha value is -0.0800. The molecule has 2 saturated heterocycles. The summed E-state index contributed by atoms with van der Waals surface area (Å²) in [6.07, 6.45) is 1.50. The van der Waals surface area contributed by atoms with Crippen molar-refractivity contribution in [1.29, 1.82) is 0 Å². The average molecular weight is 166 g/mol. The van der Waals surface area contributed by atoms with E-state index in [0.29, 0.717) is 0 Å². The lowest BCUT2D eigenvalue weighted by Crippen LogP contribution is -2.36. The first-order valence-corrected chi connectivity index (χ1v) is 5.24. The van der Waals surface area contributed by atoms with Crippen LogP contribution in [0.15, 0.2) is 0 Å². The minimum absolute atomic E-state index is 0.732. The highest BCUT2D eigenvalue weighted by Crippen LogP contribution is 2.63. The van der Waals surface area contributed by atoms with Gasteiger partial charge in [-0.15, -0.1) is 0 Å². The van der Waals surface area contributed by atoms with E-state index in [2.05, 4.69) is 24.1 Å². The molecule has 4 atom stereocenters. The predicted molar refractivity (Wildman–Crippen MR) is 49.0 cm³/mol. The topological polar surface area (TPSA) is 15.3 Å². The molecule has 2 heterocycles. The van der Waals surface area contributed by atoms with Crippen LogP contribution in [-0.2, 0) is 0 Å². The van der Waals surface area contributed by atoms with Gasteiger partial charge in [0, 0.05) is 30.6 Å². The highest BCUT2D eigenvalue weighted by molar-refractivity contribution is 5.22. The normalized spacial score (nSPS) is 57.0. The molecule has 12 heavy (non-hydrogen) atoms. The Morgan fingerprint density at radius 2 is 2.42 bits per heavy atom. The van der Waals surface area contributed by atoms with E-state index in [9.17, 15) is 0 Å². The minimum atomic E-state index is 0.732. The van der Waals surface area contributed by atoms with Gasteiger partial charge in [-0.1, -0.05) is 6.92 Å². The fourth-order valence-corrected chi connectivity index (χ4v) is 3.53. The molecule has 0 aromatic carbocycles. The standard InChI is InChI=1S/C10H18N2/c1-3-12-5-9-10(6-12)4-8(10)7(2)11-9/h7-9,11H,3-6H2,1-2H3. The number of nitrogens with one attached hydrogen (secondary N) is 1. The molecule has 1 N–H and O–H groups in total. The smallest absolute Gasteiger partial charge is 0.0269 e. The number of hydrogen-bond donors (Lipinski definition) is 1. The van der Waals surface area contributed by atoms with Gasteiger partial charge in [0.05, 0.1) is 0 Å². The van der Waals surface area contributed by atoms with Crippen molar-refractivity contribution in [1.82, 2.24) is 10.2 Å². The monoisotopic (exact) mass is 166 g/mol. The van der Waals surface area contributed by atoms with E-state index >= 15 is 0 Å². The van der Waals surface area contributed by atoms with Gasteiger partial charge in [0.2, 0.25) is 0 Å². The Bertz CT molecular complexity index is 216. The van der Waals surface area contributed by atoms with E-state index in [-0.39, 0.29) is 0 Å². The second kappa shape index (κ2) is 2.05. The first-order valence-electron chi connectivity index (χ1n) is 5.24. The van der Waals surface area contributed by atoms with Gasteiger partial charge in [-0.3, -0.25) is 0 Å². The fourth-order valence-electron chi connectivity index (χ4n) is 3.53. The molecule has 0 aromatic heterocycles. The van der Waals surface area contributed by atoms with Crippen LogP contribution in [-0.4, -0.2) is 36.6 Å². The van der Waals surface area contributed by atoms with Gasteiger partial charge < -0.3 is 10.2 Å². The summed E-state index contributed by atoms with van der Waals surface area (Å²) < 4.78 is 0. The zero-order chi connectivity index (χ0) is 8.34. The maximum Gasteiger partial charge on any atom is 0.0269 e. The van der Waals surface area contributed by atoms with Gasteiger partial charge >= 0.3 is 0 Å². The molecule has 3 fully saturated rings. The summed E-state index contributed by atoms with van der Waals surface area (Å²) in [5.41, 5.74) is 0.732. The SMILES string of the molecule is CCN1CC2NC(C)C3CC23C1. The summed E-state index contributed by atoms with van der Waals surface area (Å²) in [5, 5.41) is 3.73. The van der Waals surface area contributed by atoms with E-state index in [1.165, 1.54) is 26.1 Å². The fraction of sp³-hybridized carbons (Fsp3) is 1.00. The van der Waals surface area contributed by atoms with Crippen molar-refractivity contribution < 1.29 is 0 Å². The van der Waals surface area contributed by atoms with Crippen LogP contribution in [0.2, 0.25) is 0 Å². The van der Waals surface area contributed by atoms with Gasteiger partial charge in [-0.2, -0.15) is 0 Å². The number of piperidine rings is 1. The highest BCUT2D eigenvalue weighted by atomic mass is 15.3. The minimum Gasteiger partial charge on any atom is -0.309 e. The number of likely N-dealkylation sites (tertiary alicyclic amines) is 1. The van der Waals surface area contributed by atoms with E-state index in [4.69, 9.17) is 0 Å². The Morgan fingerprint density at radius 3 is 3.00 bits per heavy atom. The third-order valence-corrected chi connectivity index (χ3v) is 4.35. The molecule has 4 unspecified atom stereocenters. The van der Waals surface area contributed by atoms with Gasteiger partial charge in [0.25, 0.3) is 0 Å². The Labute approximate surface area is 74.3 Å². The van der Waals surface area contributed by atoms with Crippen molar-refractivity contribution in [2.75, 3.05) is 19.6 Å². The van der Waals surface area contributed by atoms with Crippen molar-refractivity contribution in [2.24, 2.45) is 11.3 Å². The maximum atomic E-state index is 3.73. The maximum absolute atomic E-state index is 3.73. The van der Waals surface area contributed by atoms with Crippen molar-refractivity contribution in [3.05, 3.63) is 0 Å². The summed E-state index contributed by atoms with van der Waals surface area (Å²) in [6, 6.07) is 1.63. The van der Waals surface area contributed by atoms with Gasteiger partial charge in [-0.25, -0.2) is 0 Å². The first-order chi connectivity index (χ1) is 5.76. The summed E-state index contributed by atoms with van der Waals surface area (Å²) in [4.78, 5) is 2.60. The van der Waals surface area contributed by atoms with E-state index in [1.54, 1.807) is 0 Å². The largest absolute Gasteiger partial charge is 0.309 e. The highest BCUT2D eigenvalue weighted by Gasteiger charge is 2.68. The molecule has 2 aliphatic heterocycles. The second-order valence-electron chi connectivity index (χ2n) is 4.88. The Kier molecular flexibility index (Phi) is 1.25. The lowest BCUT2D eigenvalue weighted by molar-refractivity contribution is 0.321. The predicted octanol–water partition coefficient (Wildman–Crippen LogP) is 0.688. The summed E-state index contributed by atoms with van der Waals surface area (Å²) in [6.45, 7) is 8.54. The van der Waals surface area contributed by atoms with E-state index < -0.39 is 0 Å². The van der Waals surface area contributed by atoms with Crippen LogP contribution in [0, 0.1) is 11.3 Å². The summed E-state index contributed by atoms with van der Waals surface area (Å²) in [7, 11) is 0. The molecule has 1 aliphatic carbocycles.